The predicted octanol–water partition coefficient (Wildman–Crippen LogP) is 4.32. The number of para-hydroxylation sites is 1. The number of carbonyl (C=O) groups is 1. The van der Waals surface area contributed by atoms with Crippen LogP contribution in [0.4, 0.5) is 10.5 Å². The molecule has 1 aromatic carbocycles. The van der Waals surface area contributed by atoms with Gasteiger partial charge in [-0.15, -0.1) is 0 Å². The Morgan fingerprint density at radius 2 is 2.04 bits per heavy atom. The van der Waals surface area contributed by atoms with Gasteiger partial charge in [0, 0.05) is 23.4 Å². The Hall–Kier alpha value is -2.27. The number of anilines is 1. The minimum absolute atomic E-state index is 0.133. The molecule has 0 aliphatic heterocycles. The van der Waals surface area contributed by atoms with E-state index in [0.717, 1.165) is 28.3 Å². The maximum absolute atomic E-state index is 12.2. The molecule has 0 spiro atoms. The van der Waals surface area contributed by atoms with Crippen LogP contribution in [0.2, 0.25) is 0 Å². The van der Waals surface area contributed by atoms with Crippen molar-refractivity contribution in [1.29, 1.82) is 0 Å². The van der Waals surface area contributed by atoms with Crippen LogP contribution >= 0.6 is 0 Å². The summed E-state index contributed by atoms with van der Waals surface area (Å²) in [5.74, 6) is 1.67. The number of carbonyl (C=O) groups excluding carboxylic acids is 1. The quantitative estimate of drug-likeness (QED) is 0.834. The molecule has 1 atom stereocenters. The third-order valence-corrected chi connectivity index (χ3v) is 3.62. The smallest absolute Gasteiger partial charge is 0.319 e. The van der Waals surface area contributed by atoms with E-state index in [2.05, 4.69) is 10.6 Å². The maximum Gasteiger partial charge on any atom is 0.319 e. The van der Waals surface area contributed by atoms with Crippen molar-refractivity contribution in [3.63, 3.8) is 0 Å². The Labute approximate surface area is 137 Å². The summed E-state index contributed by atoms with van der Waals surface area (Å²) in [6, 6.07) is 9.19. The van der Waals surface area contributed by atoms with E-state index in [0.29, 0.717) is 13.2 Å². The molecule has 2 N–H and O–H groups in total. The van der Waals surface area contributed by atoms with E-state index in [1.165, 1.54) is 0 Å². The van der Waals surface area contributed by atoms with Crippen molar-refractivity contribution in [1.82, 2.24) is 5.32 Å². The van der Waals surface area contributed by atoms with Gasteiger partial charge in [0.2, 0.25) is 0 Å². The summed E-state index contributed by atoms with van der Waals surface area (Å²) in [6.07, 6.45) is 0. The molecule has 1 heterocycles. The summed E-state index contributed by atoms with van der Waals surface area (Å²) < 4.78 is 10.9. The van der Waals surface area contributed by atoms with Gasteiger partial charge in [-0.25, -0.2) is 4.79 Å². The number of hydrogen-bond acceptors (Lipinski definition) is 3. The van der Waals surface area contributed by atoms with Gasteiger partial charge in [-0.1, -0.05) is 18.2 Å². The van der Waals surface area contributed by atoms with Crippen molar-refractivity contribution < 1.29 is 13.9 Å². The summed E-state index contributed by atoms with van der Waals surface area (Å²) in [5.41, 5.74) is 2.69. The Kier molecular flexibility index (Phi) is 5.82. The fourth-order valence-electron chi connectivity index (χ4n) is 2.49. The van der Waals surface area contributed by atoms with Crippen molar-refractivity contribution in [2.45, 2.75) is 40.3 Å². The number of furan rings is 1. The molecule has 2 rings (SSSR count). The first-order valence-electron chi connectivity index (χ1n) is 7.81. The highest BCUT2D eigenvalue weighted by atomic mass is 16.5. The number of urea groups is 1. The summed E-state index contributed by atoms with van der Waals surface area (Å²) in [7, 11) is 0. The fourth-order valence-corrected chi connectivity index (χ4v) is 2.49. The second-order valence-electron chi connectivity index (χ2n) is 5.48. The Bertz CT molecular complexity index is 664. The fraction of sp³-hybridized carbons (Fsp3) is 0.389. The Balaban J connectivity index is 2.01. The first kappa shape index (κ1) is 17.1. The molecule has 5 heteroatoms. The van der Waals surface area contributed by atoms with E-state index >= 15 is 0 Å². The first-order chi connectivity index (χ1) is 11.0. The maximum atomic E-state index is 12.2. The lowest BCUT2D eigenvalue weighted by molar-refractivity contribution is 0.134. The van der Waals surface area contributed by atoms with E-state index in [1.54, 1.807) is 0 Å². The normalized spacial score (nSPS) is 12.0. The van der Waals surface area contributed by atoms with Crippen molar-refractivity contribution in [3.8, 4) is 0 Å². The zero-order valence-corrected chi connectivity index (χ0v) is 14.1. The minimum atomic E-state index is -0.250. The largest absolute Gasteiger partial charge is 0.466 e. The first-order valence-corrected chi connectivity index (χ1v) is 7.81. The average molecular weight is 316 g/mol. The molecule has 0 fully saturated rings. The standard InChI is InChI=1S/C18H24N2O3/c1-5-22-11-15-8-6-7-9-17(15)20-18(21)19-13(3)16-10-12(2)23-14(16)4/h6-10,13H,5,11H2,1-4H3,(H2,19,20,21)/t13-/m1/s1. The van der Waals surface area contributed by atoms with Crippen LogP contribution in [0.15, 0.2) is 34.7 Å². The lowest BCUT2D eigenvalue weighted by Gasteiger charge is -2.16. The average Bonchev–Trinajstić information content (AvgIpc) is 2.85. The van der Waals surface area contributed by atoms with E-state index in [-0.39, 0.29) is 12.1 Å². The lowest BCUT2D eigenvalue weighted by Crippen LogP contribution is -2.31. The molecule has 0 saturated carbocycles. The molecule has 2 amide bonds. The zero-order chi connectivity index (χ0) is 16.8. The summed E-state index contributed by atoms with van der Waals surface area (Å²) in [5, 5.41) is 5.82. The van der Waals surface area contributed by atoms with Crippen LogP contribution in [0, 0.1) is 13.8 Å². The van der Waals surface area contributed by atoms with Gasteiger partial charge in [0.05, 0.1) is 12.6 Å². The van der Waals surface area contributed by atoms with Crippen LogP contribution in [0.3, 0.4) is 0 Å². The lowest BCUT2D eigenvalue weighted by atomic mass is 10.1. The van der Waals surface area contributed by atoms with E-state index in [1.807, 2.05) is 58.0 Å². The number of hydrogen-bond donors (Lipinski definition) is 2. The number of nitrogens with one attached hydrogen (secondary N) is 2. The van der Waals surface area contributed by atoms with Gasteiger partial charge in [-0.2, -0.15) is 0 Å². The van der Waals surface area contributed by atoms with Crippen molar-refractivity contribution in [3.05, 3.63) is 53.0 Å². The van der Waals surface area contributed by atoms with Gasteiger partial charge in [0.1, 0.15) is 11.5 Å². The zero-order valence-electron chi connectivity index (χ0n) is 14.1. The van der Waals surface area contributed by atoms with Crippen LogP contribution in [-0.4, -0.2) is 12.6 Å². The van der Waals surface area contributed by atoms with Crippen LogP contribution in [0.5, 0.6) is 0 Å². The van der Waals surface area contributed by atoms with Crippen molar-refractivity contribution in [2.75, 3.05) is 11.9 Å². The van der Waals surface area contributed by atoms with Gasteiger partial charge in [-0.3, -0.25) is 0 Å². The summed E-state index contributed by atoms with van der Waals surface area (Å²) >= 11 is 0. The highest BCUT2D eigenvalue weighted by Crippen LogP contribution is 2.21. The van der Waals surface area contributed by atoms with Gasteiger partial charge in [-0.05, 0) is 39.8 Å². The molecular formula is C18H24N2O3. The number of benzene rings is 1. The molecule has 1 aromatic heterocycles. The van der Waals surface area contributed by atoms with Gasteiger partial charge >= 0.3 is 6.03 Å². The summed E-state index contributed by atoms with van der Waals surface area (Å²) in [4.78, 5) is 12.2. The number of amides is 2. The van der Waals surface area contributed by atoms with E-state index in [9.17, 15) is 4.79 Å². The third kappa shape index (κ3) is 4.60. The molecule has 0 radical (unpaired) electrons. The van der Waals surface area contributed by atoms with E-state index < -0.39 is 0 Å². The SMILES string of the molecule is CCOCc1ccccc1NC(=O)N[C@H](C)c1cc(C)oc1C. The second kappa shape index (κ2) is 7.83. The van der Waals surface area contributed by atoms with Crippen molar-refractivity contribution in [2.24, 2.45) is 0 Å². The van der Waals surface area contributed by atoms with Crippen LogP contribution < -0.4 is 10.6 Å². The van der Waals surface area contributed by atoms with Crippen LogP contribution in [0.25, 0.3) is 0 Å². The van der Waals surface area contributed by atoms with Crippen molar-refractivity contribution >= 4 is 11.7 Å². The Morgan fingerprint density at radius 1 is 1.30 bits per heavy atom. The second-order valence-corrected chi connectivity index (χ2v) is 5.48. The van der Waals surface area contributed by atoms with Gasteiger partial charge in [0.25, 0.3) is 0 Å². The number of aryl methyl sites for hydroxylation is 2. The third-order valence-electron chi connectivity index (χ3n) is 3.62. The molecule has 2 aromatic rings. The minimum Gasteiger partial charge on any atom is -0.466 e. The number of ether oxygens (including phenoxy) is 1. The molecule has 5 nitrogen and oxygen atoms in total. The Morgan fingerprint density at radius 3 is 2.70 bits per heavy atom. The molecular weight excluding hydrogens is 292 g/mol. The summed E-state index contributed by atoms with van der Waals surface area (Å²) in [6.45, 7) is 8.78. The van der Waals surface area contributed by atoms with Gasteiger partial charge < -0.3 is 19.8 Å². The molecule has 0 aliphatic carbocycles. The highest BCUT2D eigenvalue weighted by molar-refractivity contribution is 5.90. The topological polar surface area (TPSA) is 63.5 Å². The molecule has 0 unspecified atom stereocenters. The van der Waals surface area contributed by atoms with Crippen LogP contribution in [-0.2, 0) is 11.3 Å². The molecule has 23 heavy (non-hydrogen) atoms. The van der Waals surface area contributed by atoms with Gasteiger partial charge in [0.15, 0.2) is 0 Å². The molecule has 124 valence electrons. The molecule has 0 bridgehead atoms. The predicted molar refractivity (Wildman–Crippen MR) is 90.5 cm³/mol. The monoisotopic (exact) mass is 316 g/mol. The van der Waals surface area contributed by atoms with Crippen LogP contribution in [0.1, 0.15) is 42.5 Å². The number of rotatable bonds is 6. The van der Waals surface area contributed by atoms with E-state index in [4.69, 9.17) is 9.15 Å². The molecule has 0 aliphatic rings. The highest BCUT2D eigenvalue weighted by Gasteiger charge is 2.15. The molecule has 0 saturated heterocycles.